The smallest absolute Gasteiger partial charge is 0.290 e. The zero-order chi connectivity index (χ0) is 11.5. The summed E-state index contributed by atoms with van der Waals surface area (Å²) in [5.74, 6) is 0.375. The number of amides is 2. The number of piperazine rings is 1. The van der Waals surface area contributed by atoms with E-state index in [1.165, 1.54) is 4.90 Å². The minimum absolute atomic E-state index is 0.0808. The first-order valence-electron chi connectivity index (χ1n) is 5.05. The van der Waals surface area contributed by atoms with Crippen molar-refractivity contribution in [3.8, 4) is 0 Å². The third kappa shape index (κ3) is 2.06. The van der Waals surface area contributed by atoms with Gasteiger partial charge in [0.1, 0.15) is 12.3 Å². The van der Waals surface area contributed by atoms with Gasteiger partial charge in [-0.3, -0.25) is 9.59 Å². The molecule has 6 nitrogen and oxygen atoms in total. The van der Waals surface area contributed by atoms with Crippen molar-refractivity contribution in [2.45, 2.75) is 6.54 Å². The maximum Gasteiger partial charge on any atom is 0.290 e. The third-order valence-electron chi connectivity index (χ3n) is 2.40. The molecule has 2 amide bonds. The Labute approximate surface area is 92.4 Å². The molecule has 0 bridgehead atoms. The Hall–Kier alpha value is -1.82. The number of hydrogen-bond acceptors (Lipinski definition) is 4. The molecule has 0 spiro atoms. The van der Waals surface area contributed by atoms with Crippen LogP contribution in [0.5, 0.6) is 0 Å². The topological polar surface area (TPSA) is 88.6 Å². The quantitative estimate of drug-likeness (QED) is 0.694. The van der Waals surface area contributed by atoms with Gasteiger partial charge in [0.15, 0.2) is 5.76 Å². The van der Waals surface area contributed by atoms with E-state index in [0.29, 0.717) is 18.8 Å². The summed E-state index contributed by atoms with van der Waals surface area (Å²) in [5, 5.41) is 2.65. The van der Waals surface area contributed by atoms with Crippen LogP contribution in [0.4, 0.5) is 0 Å². The van der Waals surface area contributed by atoms with Gasteiger partial charge in [-0.25, -0.2) is 0 Å². The van der Waals surface area contributed by atoms with Crippen LogP contribution in [0.3, 0.4) is 0 Å². The maximum atomic E-state index is 11.9. The van der Waals surface area contributed by atoms with Crippen LogP contribution in [-0.4, -0.2) is 36.3 Å². The van der Waals surface area contributed by atoms with Crippen molar-refractivity contribution in [3.05, 3.63) is 23.7 Å². The molecular weight excluding hydrogens is 210 g/mol. The number of nitrogens with two attached hydrogens (primary N) is 1. The Morgan fingerprint density at radius 2 is 2.38 bits per heavy atom. The molecule has 16 heavy (non-hydrogen) atoms. The van der Waals surface area contributed by atoms with Crippen LogP contribution in [0.1, 0.15) is 16.3 Å². The molecule has 2 rings (SSSR count). The van der Waals surface area contributed by atoms with Gasteiger partial charge in [0, 0.05) is 13.1 Å². The molecule has 3 N–H and O–H groups in total. The number of carbonyl (C=O) groups is 2. The van der Waals surface area contributed by atoms with Crippen molar-refractivity contribution in [1.29, 1.82) is 0 Å². The van der Waals surface area contributed by atoms with Crippen LogP contribution in [0, 0.1) is 0 Å². The summed E-state index contributed by atoms with van der Waals surface area (Å²) >= 11 is 0. The summed E-state index contributed by atoms with van der Waals surface area (Å²) in [4.78, 5) is 24.5. The molecule has 0 aliphatic carbocycles. The number of rotatable bonds is 2. The van der Waals surface area contributed by atoms with Gasteiger partial charge in [-0.05, 0) is 12.1 Å². The number of furan rings is 1. The molecule has 2 heterocycles. The normalized spacial score (nSPS) is 16.1. The van der Waals surface area contributed by atoms with E-state index in [9.17, 15) is 9.59 Å². The maximum absolute atomic E-state index is 11.9. The molecule has 1 aliphatic rings. The average Bonchev–Trinajstić information content (AvgIpc) is 2.76. The van der Waals surface area contributed by atoms with Crippen molar-refractivity contribution in [2.24, 2.45) is 5.73 Å². The van der Waals surface area contributed by atoms with E-state index < -0.39 is 0 Å². The Bertz CT molecular complexity index is 413. The Kier molecular flexibility index (Phi) is 2.91. The number of hydrogen-bond donors (Lipinski definition) is 2. The Morgan fingerprint density at radius 1 is 1.56 bits per heavy atom. The molecule has 1 fully saturated rings. The zero-order valence-corrected chi connectivity index (χ0v) is 8.73. The third-order valence-corrected chi connectivity index (χ3v) is 2.40. The standard InChI is InChI=1S/C10H13N3O3/c11-5-7-1-2-8(16-7)10(15)13-4-3-12-9(14)6-13/h1-2H,3-6,11H2,(H,12,14). The molecule has 1 saturated heterocycles. The zero-order valence-electron chi connectivity index (χ0n) is 8.73. The van der Waals surface area contributed by atoms with E-state index in [1.807, 2.05) is 0 Å². The van der Waals surface area contributed by atoms with Crippen molar-refractivity contribution >= 4 is 11.8 Å². The second-order valence-electron chi connectivity index (χ2n) is 3.55. The largest absolute Gasteiger partial charge is 0.455 e. The first kappa shape index (κ1) is 10.7. The summed E-state index contributed by atoms with van der Waals surface area (Å²) in [6.45, 7) is 1.32. The van der Waals surface area contributed by atoms with Gasteiger partial charge in [-0.1, -0.05) is 0 Å². The minimum Gasteiger partial charge on any atom is -0.455 e. The SMILES string of the molecule is NCc1ccc(C(=O)N2CCNC(=O)C2)o1. The molecule has 1 aromatic heterocycles. The van der Waals surface area contributed by atoms with Crippen molar-refractivity contribution in [3.63, 3.8) is 0 Å². The highest BCUT2D eigenvalue weighted by Gasteiger charge is 2.24. The van der Waals surface area contributed by atoms with Crippen LogP contribution in [-0.2, 0) is 11.3 Å². The van der Waals surface area contributed by atoms with Crippen LogP contribution in [0.15, 0.2) is 16.5 Å². The van der Waals surface area contributed by atoms with Gasteiger partial charge in [0.05, 0.1) is 6.54 Å². The lowest BCUT2D eigenvalue weighted by molar-refractivity contribution is -0.123. The predicted octanol–water partition coefficient (Wildman–Crippen LogP) is -0.690. The van der Waals surface area contributed by atoms with E-state index in [1.54, 1.807) is 12.1 Å². The molecule has 6 heteroatoms. The number of nitrogens with one attached hydrogen (secondary N) is 1. The Balaban J connectivity index is 2.09. The molecule has 0 atom stereocenters. The Morgan fingerprint density at radius 3 is 3.00 bits per heavy atom. The minimum atomic E-state index is -0.269. The van der Waals surface area contributed by atoms with E-state index >= 15 is 0 Å². The lowest BCUT2D eigenvalue weighted by atomic mass is 10.3. The van der Waals surface area contributed by atoms with Gasteiger partial charge in [-0.2, -0.15) is 0 Å². The monoisotopic (exact) mass is 223 g/mol. The van der Waals surface area contributed by atoms with Gasteiger partial charge in [0.2, 0.25) is 5.91 Å². The average molecular weight is 223 g/mol. The molecule has 86 valence electrons. The van der Waals surface area contributed by atoms with Crippen LogP contribution in [0.2, 0.25) is 0 Å². The predicted molar refractivity (Wildman–Crippen MR) is 55.5 cm³/mol. The van der Waals surface area contributed by atoms with E-state index in [2.05, 4.69) is 5.32 Å². The summed E-state index contributed by atoms with van der Waals surface area (Å²) < 4.78 is 5.24. The lowest BCUT2D eigenvalue weighted by Crippen LogP contribution is -2.49. The highest BCUT2D eigenvalue weighted by atomic mass is 16.4. The van der Waals surface area contributed by atoms with Crippen LogP contribution >= 0.6 is 0 Å². The second kappa shape index (κ2) is 4.36. The van der Waals surface area contributed by atoms with E-state index in [4.69, 9.17) is 10.2 Å². The lowest BCUT2D eigenvalue weighted by Gasteiger charge is -2.25. The summed E-state index contributed by atoms with van der Waals surface area (Å²) in [5.41, 5.74) is 5.38. The number of carbonyl (C=O) groups excluding carboxylic acids is 2. The van der Waals surface area contributed by atoms with E-state index in [0.717, 1.165) is 0 Å². The van der Waals surface area contributed by atoms with Gasteiger partial charge in [0.25, 0.3) is 5.91 Å². The molecule has 0 radical (unpaired) electrons. The highest BCUT2D eigenvalue weighted by molar-refractivity contribution is 5.94. The van der Waals surface area contributed by atoms with Gasteiger partial charge >= 0.3 is 0 Å². The molecular formula is C10H13N3O3. The summed E-state index contributed by atoms with van der Waals surface area (Å²) in [6, 6.07) is 3.24. The van der Waals surface area contributed by atoms with E-state index in [-0.39, 0.29) is 30.7 Å². The first-order valence-corrected chi connectivity index (χ1v) is 5.05. The molecule has 1 aromatic rings. The molecule has 0 aromatic carbocycles. The van der Waals surface area contributed by atoms with Crippen molar-refractivity contribution < 1.29 is 14.0 Å². The fraction of sp³-hybridized carbons (Fsp3) is 0.400. The molecule has 1 aliphatic heterocycles. The number of nitrogens with zero attached hydrogens (tertiary/aromatic N) is 1. The van der Waals surface area contributed by atoms with Crippen LogP contribution < -0.4 is 11.1 Å². The fourth-order valence-corrected chi connectivity index (χ4v) is 1.57. The first-order chi connectivity index (χ1) is 7.70. The molecule has 0 unspecified atom stereocenters. The van der Waals surface area contributed by atoms with Gasteiger partial charge < -0.3 is 20.4 Å². The summed E-state index contributed by atoms with van der Waals surface area (Å²) in [6.07, 6.45) is 0. The van der Waals surface area contributed by atoms with Crippen molar-refractivity contribution in [2.75, 3.05) is 19.6 Å². The fourth-order valence-electron chi connectivity index (χ4n) is 1.57. The van der Waals surface area contributed by atoms with Crippen LogP contribution in [0.25, 0.3) is 0 Å². The van der Waals surface area contributed by atoms with Crippen molar-refractivity contribution in [1.82, 2.24) is 10.2 Å². The second-order valence-corrected chi connectivity index (χ2v) is 3.55. The van der Waals surface area contributed by atoms with Gasteiger partial charge in [-0.15, -0.1) is 0 Å². The summed E-state index contributed by atoms with van der Waals surface area (Å²) in [7, 11) is 0. The molecule has 0 saturated carbocycles. The highest BCUT2D eigenvalue weighted by Crippen LogP contribution is 2.10.